The molecule has 5 heterocycles. The van der Waals surface area contributed by atoms with Crippen LogP contribution in [0.15, 0.2) is 24.7 Å². The summed E-state index contributed by atoms with van der Waals surface area (Å²) in [5.41, 5.74) is 1.99. The van der Waals surface area contributed by atoms with E-state index in [2.05, 4.69) is 5.10 Å². The van der Waals surface area contributed by atoms with Crippen molar-refractivity contribution in [1.82, 2.24) is 19.1 Å². The van der Waals surface area contributed by atoms with Crippen LogP contribution in [-0.4, -0.2) is 55.8 Å². The molecule has 1 fully saturated rings. The zero-order chi connectivity index (χ0) is 19.5. The van der Waals surface area contributed by atoms with Crippen molar-refractivity contribution in [3.63, 3.8) is 0 Å². The lowest BCUT2D eigenvalue weighted by Crippen LogP contribution is -2.47. The van der Waals surface area contributed by atoms with Crippen molar-refractivity contribution < 1.29 is 19.4 Å². The molecule has 1 spiro atoms. The number of carboxylic acids is 1. The summed E-state index contributed by atoms with van der Waals surface area (Å²) in [5, 5.41) is 13.6. The van der Waals surface area contributed by atoms with Gasteiger partial charge in [0.1, 0.15) is 21.7 Å². The molecule has 0 radical (unpaired) electrons. The quantitative estimate of drug-likeness (QED) is 0.712. The number of carbonyl (C=O) groups excluding carboxylic acids is 1. The monoisotopic (exact) mass is 400 g/mol. The molecule has 0 aromatic carbocycles. The van der Waals surface area contributed by atoms with E-state index in [1.54, 1.807) is 16.8 Å². The Balaban J connectivity index is 1.39. The summed E-state index contributed by atoms with van der Waals surface area (Å²) in [7, 11) is 1.90. The summed E-state index contributed by atoms with van der Waals surface area (Å²) in [6.45, 7) is 1.73. The van der Waals surface area contributed by atoms with E-state index in [0.717, 1.165) is 22.5 Å². The highest BCUT2D eigenvalue weighted by Crippen LogP contribution is 2.45. The molecule has 8 nitrogen and oxygen atoms in total. The van der Waals surface area contributed by atoms with Crippen molar-refractivity contribution >= 4 is 28.9 Å². The minimum absolute atomic E-state index is 0.0277. The molecular weight excluding hydrogens is 380 g/mol. The number of piperidine rings is 1. The number of amides is 1. The number of ether oxygens (including phenoxy) is 1. The topological polar surface area (TPSA) is 89.1 Å². The van der Waals surface area contributed by atoms with Crippen molar-refractivity contribution in [1.29, 1.82) is 0 Å². The standard InChI is InChI=1S/C19H20N4O4S/c1-21-7-8-23-16(21)13(11-20-23)17(24)22-5-3-19(4-6-22)15-12(2-9-27-19)10-14(28-15)18(25)26/h7-8,10-11H,2-6,9H2,1H3,(H,25,26). The largest absolute Gasteiger partial charge is 0.477 e. The van der Waals surface area contributed by atoms with Crippen LogP contribution < -0.4 is 0 Å². The molecule has 28 heavy (non-hydrogen) atoms. The van der Waals surface area contributed by atoms with E-state index >= 15 is 0 Å². The second-order valence-corrected chi connectivity index (χ2v) is 8.44. The minimum Gasteiger partial charge on any atom is -0.477 e. The van der Waals surface area contributed by atoms with Crippen LogP contribution in [0.3, 0.4) is 0 Å². The normalized spacial score (nSPS) is 18.5. The molecule has 0 aliphatic carbocycles. The van der Waals surface area contributed by atoms with Gasteiger partial charge in [0.25, 0.3) is 5.91 Å². The van der Waals surface area contributed by atoms with Crippen molar-refractivity contribution in [2.75, 3.05) is 19.7 Å². The smallest absolute Gasteiger partial charge is 0.345 e. The van der Waals surface area contributed by atoms with Gasteiger partial charge in [-0.25, -0.2) is 9.31 Å². The fourth-order valence-corrected chi connectivity index (χ4v) is 5.59. The molecule has 1 saturated heterocycles. The molecular formula is C19H20N4O4S. The first-order valence-electron chi connectivity index (χ1n) is 9.27. The highest BCUT2D eigenvalue weighted by Gasteiger charge is 2.43. The third-order valence-electron chi connectivity index (χ3n) is 5.81. The third kappa shape index (κ3) is 2.50. The number of nitrogens with zero attached hydrogens (tertiary/aromatic N) is 4. The van der Waals surface area contributed by atoms with Crippen LogP contribution in [0, 0.1) is 0 Å². The zero-order valence-corrected chi connectivity index (χ0v) is 16.2. The Hall–Kier alpha value is -2.65. The van der Waals surface area contributed by atoms with Gasteiger partial charge in [-0.15, -0.1) is 11.3 Å². The highest BCUT2D eigenvalue weighted by molar-refractivity contribution is 7.14. The van der Waals surface area contributed by atoms with Crippen molar-refractivity contribution in [2.24, 2.45) is 7.05 Å². The molecule has 0 saturated carbocycles. The minimum atomic E-state index is -0.894. The number of aromatic nitrogens is 3. The second kappa shape index (κ2) is 6.18. The maximum atomic E-state index is 13.1. The van der Waals surface area contributed by atoms with E-state index in [1.165, 1.54) is 11.3 Å². The molecule has 2 aliphatic rings. The fraction of sp³-hybridized carbons (Fsp3) is 0.421. The number of aromatic carboxylic acids is 1. The Morgan fingerprint density at radius 2 is 2.07 bits per heavy atom. The summed E-state index contributed by atoms with van der Waals surface area (Å²) in [4.78, 5) is 27.7. The maximum absolute atomic E-state index is 13.1. The van der Waals surface area contributed by atoms with Crippen LogP contribution in [0.2, 0.25) is 0 Å². The number of carboxylic acid groups (broad SMARTS) is 1. The summed E-state index contributed by atoms with van der Waals surface area (Å²) < 4.78 is 9.77. The van der Waals surface area contributed by atoms with Crippen LogP contribution >= 0.6 is 11.3 Å². The van der Waals surface area contributed by atoms with Crippen LogP contribution in [0.1, 0.15) is 43.3 Å². The fourth-order valence-electron chi connectivity index (χ4n) is 4.34. The van der Waals surface area contributed by atoms with E-state index in [1.807, 2.05) is 28.9 Å². The number of carbonyl (C=O) groups is 2. The van der Waals surface area contributed by atoms with E-state index in [9.17, 15) is 14.7 Å². The van der Waals surface area contributed by atoms with Crippen LogP contribution in [0.25, 0.3) is 5.65 Å². The molecule has 3 aromatic heterocycles. The van der Waals surface area contributed by atoms with Crippen molar-refractivity contribution in [3.8, 4) is 0 Å². The van der Waals surface area contributed by atoms with Gasteiger partial charge in [-0.3, -0.25) is 4.79 Å². The molecule has 9 heteroatoms. The zero-order valence-electron chi connectivity index (χ0n) is 15.4. The third-order valence-corrected chi connectivity index (χ3v) is 7.16. The summed E-state index contributed by atoms with van der Waals surface area (Å²) >= 11 is 1.32. The van der Waals surface area contributed by atoms with E-state index in [4.69, 9.17) is 4.74 Å². The molecule has 1 N–H and O–H groups in total. The van der Waals surface area contributed by atoms with Crippen molar-refractivity contribution in [3.05, 3.63) is 45.5 Å². The molecule has 3 aromatic rings. The van der Waals surface area contributed by atoms with Crippen LogP contribution in [0.4, 0.5) is 0 Å². The van der Waals surface area contributed by atoms with Crippen LogP contribution in [-0.2, 0) is 23.8 Å². The number of imidazole rings is 1. The Labute approximate surface area is 164 Å². The molecule has 0 bridgehead atoms. The summed E-state index contributed by atoms with van der Waals surface area (Å²) in [5.74, 6) is -0.921. The Morgan fingerprint density at radius 3 is 2.82 bits per heavy atom. The van der Waals surface area contributed by atoms with Gasteiger partial charge in [0.15, 0.2) is 0 Å². The number of aryl methyl sites for hydroxylation is 1. The molecule has 0 atom stereocenters. The lowest BCUT2D eigenvalue weighted by atomic mass is 9.85. The molecule has 1 amide bonds. The van der Waals surface area contributed by atoms with Gasteiger partial charge in [-0.2, -0.15) is 5.10 Å². The number of likely N-dealkylation sites (tertiary alicyclic amines) is 1. The second-order valence-electron chi connectivity index (χ2n) is 7.39. The number of fused-ring (bicyclic) bond motifs is 3. The van der Waals surface area contributed by atoms with Gasteiger partial charge >= 0.3 is 5.97 Å². The van der Waals surface area contributed by atoms with Gasteiger partial charge in [0.05, 0.1) is 12.8 Å². The van der Waals surface area contributed by atoms with Gasteiger partial charge < -0.3 is 19.3 Å². The van der Waals surface area contributed by atoms with Gasteiger partial charge in [-0.1, -0.05) is 0 Å². The predicted molar refractivity (Wildman–Crippen MR) is 102 cm³/mol. The molecule has 146 valence electrons. The Bertz CT molecular complexity index is 1090. The van der Waals surface area contributed by atoms with Crippen molar-refractivity contribution in [2.45, 2.75) is 24.9 Å². The summed E-state index contributed by atoms with van der Waals surface area (Å²) in [6.07, 6.45) is 7.40. The first-order chi connectivity index (χ1) is 13.5. The first-order valence-corrected chi connectivity index (χ1v) is 10.1. The average Bonchev–Trinajstić information content (AvgIpc) is 3.39. The van der Waals surface area contributed by atoms with Crippen LogP contribution in [0.5, 0.6) is 0 Å². The number of thiophene rings is 1. The van der Waals surface area contributed by atoms with Gasteiger partial charge in [0, 0.05) is 37.4 Å². The summed E-state index contributed by atoms with van der Waals surface area (Å²) in [6, 6.07) is 1.78. The highest BCUT2D eigenvalue weighted by atomic mass is 32.1. The number of hydrogen-bond acceptors (Lipinski definition) is 5. The molecule has 2 aliphatic heterocycles. The lowest BCUT2D eigenvalue weighted by Gasteiger charge is -2.43. The van der Waals surface area contributed by atoms with E-state index in [-0.39, 0.29) is 5.91 Å². The first kappa shape index (κ1) is 17.4. The average molecular weight is 400 g/mol. The van der Waals surface area contributed by atoms with Gasteiger partial charge in [0.2, 0.25) is 0 Å². The Morgan fingerprint density at radius 1 is 1.29 bits per heavy atom. The SMILES string of the molecule is Cn1ccn2ncc(C(=O)N3CCC4(CC3)OCCc3cc(C(=O)O)sc34)c12. The number of rotatable bonds is 2. The molecule has 5 rings (SSSR count). The van der Waals surface area contributed by atoms with E-state index < -0.39 is 11.6 Å². The predicted octanol–water partition coefficient (Wildman–Crippen LogP) is 2.14. The Kier molecular flexibility index (Phi) is 3.85. The van der Waals surface area contributed by atoms with Gasteiger partial charge in [-0.05, 0) is 30.9 Å². The number of hydrogen-bond donors (Lipinski definition) is 1. The molecule has 0 unspecified atom stereocenters. The lowest BCUT2D eigenvalue weighted by molar-refractivity contribution is -0.0906. The van der Waals surface area contributed by atoms with E-state index in [0.29, 0.717) is 43.0 Å². The maximum Gasteiger partial charge on any atom is 0.345 e.